The molecule has 1 aromatic heterocycles. The Balaban J connectivity index is 1.80. The fraction of sp³-hybridized carbons (Fsp3) is 0.286. The number of hydrogen-bond acceptors (Lipinski definition) is 5. The van der Waals surface area contributed by atoms with Gasteiger partial charge in [-0.25, -0.2) is 0 Å². The van der Waals surface area contributed by atoms with E-state index in [9.17, 15) is 9.59 Å². The summed E-state index contributed by atoms with van der Waals surface area (Å²) in [4.78, 5) is 25.9. The Morgan fingerprint density at radius 3 is 2.71 bits per heavy atom. The molecule has 7 heteroatoms. The summed E-state index contributed by atoms with van der Waals surface area (Å²) in [6.07, 6.45) is 1.95. The summed E-state index contributed by atoms with van der Waals surface area (Å²) in [5.41, 5.74) is 0.365. The topological polar surface area (TPSA) is 82.5 Å². The van der Waals surface area contributed by atoms with Crippen molar-refractivity contribution in [2.24, 2.45) is 0 Å². The molecule has 2 heterocycles. The Kier molecular flexibility index (Phi) is 5.08. The summed E-state index contributed by atoms with van der Waals surface area (Å²) >= 11 is 0. The van der Waals surface area contributed by atoms with Crippen molar-refractivity contribution >= 4 is 16.7 Å². The molecule has 0 radical (unpaired) electrons. The quantitative estimate of drug-likeness (QED) is 0.736. The minimum Gasteiger partial charge on any atom is -0.494 e. The van der Waals surface area contributed by atoms with Gasteiger partial charge in [-0.15, -0.1) is 0 Å². The molecule has 1 atom stereocenters. The number of amides is 1. The lowest BCUT2D eigenvalue weighted by molar-refractivity contribution is 0.0854. The first-order valence-electron chi connectivity index (χ1n) is 9.24. The second-order valence-electron chi connectivity index (χ2n) is 6.63. The maximum absolute atomic E-state index is 13.0. The number of aromatic nitrogens is 2. The number of hydrogen-bond donors (Lipinski definition) is 1. The minimum atomic E-state index is -0.338. The van der Waals surface area contributed by atoms with Gasteiger partial charge in [-0.3, -0.25) is 9.59 Å². The van der Waals surface area contributed by atoms with E-state index in [-0.39, 0.29) is 23.3 Å². The van der Waals surface area contributed by atoms with Crippen molar-refractivity contribution in [3.05, 3.63) is 64.6 Å². The Morgan fingerprint density at radius 1 is 1.21 bits per heavy atom. The fourth-order valence-electron chi connectivity index (χ4n) is 3.42. The molecule has 0 saturated carbocycles. The van der Waals surface area contributed by atoms with Crippen LogP contribution in [-0.2, 0) is 4.74 Å². The normalized spacial score (nSPS) is 16.2. The number of fused-ring (bicyclic) bond motifs is 1. The molecule has 2 aromatic carbocycles. The number of carbonyl (C=O) groups excluding carboxylic acids is 1. The molecule has 3 aromatic rings. The number of carbonyl (C=O) groups is 1. The van der Waals surface area contributed by atoms with Crippen LogP contribution in [0.3, 0.4) is 0 Å². The maximum Gasteiger partial charge on any atom is 0.279 e. The average molecular weight is 379 g/mol. The largest absolute Gasteiger partial charge is 0.494 e. The van der Waals surface area contributed by atoms with Gasteiger partial charge in [0.1, 0.15) is 11.4 Å². The molecule has 28 heavy (non-hydrogen) atoms. The van der Waals surface area contributed by atoms with Gasteiger partial charge >= 0.3 is 0 Å². The summed E-state index contributed by atoms with van der Waals surface area (Å²) in [5, 5.41) is 8.22. The Labute approximate surface area is 161 Å². The van der Waals surface area contributed by atoms with Crippen LogP contribution in [0.25, 0.3) is 16.5 Å². The molecule has 1 aliphatic heterocycles. The zero-order valence-corrected chi connectivity index (χ0v) is 15.6. The summed E-state index contributed by atoms with van der Waals surface area (Å²) in [6, 6.07) is 14.1. The van der Waals surface area contributed by atoms with Crippen molar-refractivity contribution in [2.75, 3.05) is 20.3 Å². The molecule has 0 bridgehead atoms. The molecule has 4 rings (SSSR count). The molecule has 1 N–H and O–H groups in total. The van der Waals surface area contributed by atoms with Crippen LogP contribution in [0.5, 0.6) is 5.75 Å². The highest BCUT2D eigenvalue weighted by molar-refractivity contribution is 6.04. The Bertz CT molecular complexity index is 1070. The standard InChI is InChI=1S/C21H21N3O4/c1-27-18-11-5-4-10-17(18)24-21(26)16-9-3-2-8-15(16)19(23-24)20(25)22-13-14-7-6-12-28-14/h2-5,8-11,14H,6-7,12-13H2,1H3,(H,22,25)/t14-/m1/s1. The summed E-state index contributed by atoms with van der Waals surface area (Å²) in [7, 11) is 1.53. The molecule has 1 fully saturated rings. The molecule has 1 amide bonds. The second kappa shape index (κ2) is 7.82. The zero-order chi connectivity index (χ0) is 19.5. The van der Waals surface area contributed by atoms with Crippen LogP contribution in [0, 0.1) is 0 Å². The van der Waals surface area contributed by atoms with E-state index < -0.39 is 0 Å². The zero-order valence-electron chi connectivity index (χ0n) is 15.6. The van der Waals surface area contributed by atoms with Gasteiger partial charge in [0, 0.05) is 18.5 Å². The van der Waals surface area contributed by atoms with Gasteiger partial charge in [0.25, 0.3) is 11.5 Å². The lowest BCUT2D eigenvalue weighted by atomic mass is 10.1. The smallest absolute Gasteiger partial charge is 0.279 e. The Morgan fingerprint density at radius 2 is 1.96 bits per heavy atom. The lowest BCUT2D eigenvalue weighted by Crippen LogP contribution is -2.34. The van der Waals surface area contributed by atoms with Crippen LogP contribution in [-0.4, -0.2) is 42.1 Å². The van der Waals surface area contributed by atoms with Crippen LogP contribution in [0.4, 0.5) is 0 Å². The molecule has 7 nitrogen and oxygen atoms in total. The number of para-hydroxylation sites is 2. The first-order valence-corrected chi connectivity index (χ1v) is 9.24. The number of benzene rings is 2. The van der Waals surface area contributed by atoms with E-state index in [4.69, 9.17) is 9.47 Å². The summed E-state index contributed by atoms with van der Waals surface area (Å²) < 4.78 is 12.2. The molecule has 1 aliphatic rings. The van der Waals surface area contributed by atoms with Crippen molar-refractivity contribution < 1.29 is 14.3 Å². The Hall–Kier alpha value is -3.19. The van der Waals surface area contributed by atoms with Gasteiger partial charge < -0.3 is 14.8 Å². The number of methoxy groups -OCH3 is 1. The highest BCUT2D eigenvalue weighted by Gasteiger charge is 2.21. The van der Waals surface area contributed by atoms with E-state index in [1.54, 1.807) is 42.5 Å². The van der Waals surface area contributed by atoms with Crippen LogP contribution in [0.1, 0.15) is 23.3 Å². The molecular weight excluding hydrogens is 358 g/mol. The van der Waals surface area contributed by atoms with Crippen LogP contribution in [0.2, 0.25) is 0 Å². The monoisotopic (exact) mass is 379 g/mol. The molecule has 1 saturated heterocycles. The van der Waals surface area contributed by atoms with Crippen LogP contribution >= 0.6 is 0 Å². The molecule has 0 unspecified atom stereocenters. The van der Waals surface area contributed by atoms with Gasteiger partial charge in [-0.05, 0) is 31.0 Å². The minimum absolute atomic E-state index is 0.0235. The third kappa shape index (κ3) is 3.36. The van der Waals surface area contributed by atoms with Crippen molar-refractivity contribution in [1.82, 2.24) is 15.1 Å². The number of ether oxygens (including phenoxy) is 2. The third-order valence-electron chi connectivity index (χ3n) is 4.85. The number of nitrogens with one attached hydrogen (secondary N) is 1. The molecular formula is C21H21N3O4. The first kappa shape index (κ1) is 18.2. The van der Waals surface area contributed by atoms with E-state index in [0.717, 1.165) is 19.4 Å². The fourth-order valence-corrected chi connectivity index (χ4v) is 3.42. The second-order valence-corrected chi connectivity index (χ2v) is 6.63. The van der Waals surface area contributed by atoms with Gasteiger partial charge in [0.05, 0.1) is 18.6 Å². The van der Waals surface area contributed by atoms with E-state index >= 15 is 0 Å². The van der Waals surface area contributed by atoms with Crippen molar-refractivity contribution in [2.45, 2.75) is 18.9 Å². The van der Waals surface area contributed by atoms with Gasteiger partial charge in [0.15, 0.2) is 5.69 Å². The van der Waals surface area contributed by atoms with Gasteiger partial charge in [-0.2, -0.15) is 9.78 Å². The van der Waals surface area contributed by atoms with E-state index in [2.05, 4.69) is 10.4 Å². The van der Waals surface area contributed by atoms with Crippen molar-refractivity contribution in [3.63, 3.8) is 0 Å². The SMILES string of the molecule is COc1ccccc1-n1nc(C(=O)NC[C@H]2CCCO2)c2ccccc2c1=O. The summed E-state index contributed by atoms with van der Waals surface area (Å²) in [6.45, 7) is 1.14. The first-order chi connectivity index (χ1) is 13.7. The molecule has 0 aliphatic carbocycles. The predicted octanol–water partition coefficient (Wildman–Crippen LogP) is 2.30. The van der Waals surface area contributed by atoms with Crippen molar-refractivity contribution in [1.29, 1.82) is 0 Å². The number of nitrogens with zero attached hydrogens (tertiary/aromatic N) is 2. The third-order valence-corrected chi connectivity index (χ3v) is 4.85. The molecule has 0 spiro atoms. The van der Waals surface area contributed by atoms with Gasteiger partial charge in [-0.1, -0.05) is 30.3 Å². The summed E-state index contributed by atoms with van der Waals surface area (Å²) in [5.74, 6) is 0.161. The van der Waals surface area contributed by atoms with Crippen molar-refractivity contribution in [3.8, 4) is 11.4 Å². The highest BCUT2D eigenvalue weighted by Crippen LogP contribution is 2.22. The number of rotatable bonds is 5. The predicted molar refractivity (Wildman–Crippen MR) is 105 cm³/mol. The van der Waals surface area contributed by atoms with E-state index in [1.807, 2.05) is 6.07 Å². The van der Waals surface area contributed by atoms with Gasteiger partial charge in [0.2, 0.25) is 0 Å². The highest BCUT2D eigenvalue weighted by atomic mass is 16.5. The van der Waals surface area contributed by atoms with E-state index in [0.29, 0.717) is 28.8 Å². The lowest BCUT2D eigenvalue weighted by Gasteiger charge is -2.14. The average Bonchev–Trinajstić information content (AvgIpc) is 3.26. The maximum atomic E-state index is 13.0. The van der Waals surface area contributed by atoms with E-state index in [1.165, 1.54) is 11.8 Å². The van der Waals surface area contributed by atoms with Crippen LogP contribution < -0.4 is 15.6 Å². The van der Waals surface area contributed by atoms with Crippen LogP contribution in [0.15, 0.2) is 53.3 Å². The molecule has 144 valence electrons.